The molecule has 15 atom stereocenters. The number of amides is 1. The maximum absolute atomic E-state index is 14.7. The van der Waals surface area contributed by atoms with Gasteiger partial charge >= 0.3 is 18.3 Å². The zero-order chi connectivity index (χ0) is 64.8. The first-order chi connectivity index (χ1) is 42.1. The summed E-state index contributed by atoms with van der Waals surface area (Å²) in [7, 11) is 4.48. The number of piperidine rings is 1. The maximum Gasteiger partial charge on any atom is 0.508 e. The number of rotatable bonds is 23. The predicted molar refractivity (Wildman–Crippen MR) is 334 cm³/mol. The summed E-state index contributed by atoms with van der Waals surface area (Å²) < 4.78 is 51.4. The molecule has 0 aromatic heterocycles. The van der Waals surface area contributed by atoms with E-state index in [2.05, 4.69) is 6.92 Å². The fourth-order valence-electron chi connectivity index (χ4n) is 12.7. The highest BCUT2D eigenvalue weighted by Gasteiger charge is 2.53. The number of aliphatic hydroxyl groups is 2. The first-order valence-electron chi connectivity index (χ1n) is 33.2. The van der Waals surface area contributed by atoms with Gasteiger partial charge in [-0.2, -0.15) is 0 Å². The number of hydrogen-bond donors (Lipinski definition) is 2. The Bertz CT molecular complexity index is 2300. The van der Waals surface area contributed by atoms with E-state index in [4.69, 9.17) is 42.6 Å². The summed E-state index contributed by atoms with van der Waals surface area (Å²) in [5.74, 6) is -8.58. The van der Waals surface area contributed by atoms with Crippen LogP contribution in [0.5, 0.6) is 0 Å². The zero-order valence-corrected chi connectivity index (χ0v) is 55.2. The summed E-state index contributed by atoms with van der Waals surface area (Å²) in [6.07, 6.45) is 21.2. The number of ether oxygens (including phenoxy) is 9. The largest absolute Gasteiger partial charge is 0.508 e. The standard InChI is InChI=1S/C69H111NO18/c1-12-13-14-15-16-17-18-19-20-26-37-83-67(77)84-38-27-28-39-85-68(78)87-57-35-33-53(43-60(57)81-10)42-49(5)59-45-56(71)48(4)41-51(7)62(73)63(82-11)61(72)50(6)40-46(2)29-22-21-23-30-47(3)58(80-9)44-54-34-32-52(8)69(79,88-54)64(74)65(75)70-36-25-24-31-55(70)66(76)86-59/h21-23,29-30,41,46,48-50,52-55,57-60,62-63,73,79H,12-20,24-28,31-40,42-45H2,1-11H3/b23-21+,29-22+,47-30+,51-41+/t46-,48-,49+,50-,52-,53+,54+,55+,57-,58+,59+,60-,62-,63+,69-/m1/s1. The van der Waals surface area contributed by atoms with Crippen LogP contribution in [0, 0.1) is 35.5 Å². The van der Waals surface area contributed by atoms with Crippen molar-refractivity contribution in [1.29, 1.82) is 0 Å². The van der Waals surface area contributed by atoms with Crippen LogP contribution in [-0.2, 0) is 66.6 Å². The number of allylic oxidation sites excluding steroid dienone is 6. The van der Waals surface area contributed by atoms with Crippen LogP contribution in [0.3, 0.4) is 0 Å². The Labute approximate surface area is 525 Å². The van der Waals surface area contributed by atoms with Gasteiger partial charge in [0.2, 0.25) is 5.79 Å². The van der Waals surface area contributed by atoms with Gasteiger partial charge in [-0.05, 0) is 126 Å². The molecule has 0 radical (unpaired) electrons. The average molecular weight is 1240 g/mol. The van der Waals surface area contributed by atoms with E-state index in [1.54, 1.807) is 40.9 Å². The highest BCUT2D eigenvalue weighted by atomic mass is 16.7. The fourth-order valence-corrected chi connectivity index (χ4v) is 12.7. The van der Waals surface area contributed by atoms with Gasteiger partial charge in [-0.1, -0.05) is 136 Å². The summed E-state index contributed by atoms with van der Waals surface area (Å²) in [5.41, 5.74) is 1.22. The molecular weight excluding hydrogens is 1130 g/mol. The molecule has 3 heterocycles. The molecule has 0 aromatic rings. The fraction of sp³-hybridized carbons (Fsp3) is 0.783. The van der Waals surface area contributed by atoms with Crippen LogP contribution in [0.15, 0.2) is 47.6 Å². The number of hydrogen-bond acceptors (Lipinski definition) is 18. The van der Waals surface area contributed by atoms with Gasteiger partial charge in [0.1, 0.15) is 36.2 Å². The molecule has 4 rings (SSSR count). The van der Waals surface area contributed by atoms with E-state index in [0.29, 0.717) is 89.2 Å². The second-order valence-corrected chi connectivity index (χ2v) is 25.6. The lowest BCUT2D eigenvalue weighted by atomic mass is 9.78. The van der Waals surface area contributed by atoms with Crippen LogP contribution < -0.4 is 0 Å². The van der Waals surface area contributed by atoms with Crippen LogP contribution in [0.25, 0.3) is 0 Å². The smallest absolute Gasteiger partial charge is 0.460 e. The predicted octanol–water partition coefficient (Wildman–Crippen LogP) is 12.2. The Morgan fingerprint density at radius 3 is 1.99 bits per heavy atom. The molecule has 1 aliphatic carbocycles. The van der Waals surface area contributed by atoms with Crippen molar-refractivity contribution in [3.05, 3.63) is 47.6 Å². The van der Waals surface area contributed by atoms with Crippen molar-refractivity contribution in [2.24, 2.45) is 35.5 Å². The summed E-state index contributed by atoms with van der Waals surface area (Å²) >= 11 is 0. The zero-order valence-electron chi connectivity index (χ0n) is 55.2. The molecule has 2 N–H and O–H groups in total. The van der Waals surface area contributed by atoms with Crippen molar-refractivity contribution in [2.45, 2.75) is 264 Å². The number of Topliss-reactive ketones (excluding diaryl/α,β-unsaturated/α-hetero) is 3. The first-order valence-corrected chi connectivity index (χ1v) is 33.2. The molecule has 4 aliphatic rings. The summed E-state index contributed by atoms with van der Waals surface area (Å²) in [5, 5.41) is 23.7. The van der Waals surface area contributed by atoms with E-state index in [1.807, 2.05) is 51.2 Å². The lowest BCUT2D eigenvalue weighted by Gasteiger charge is -2.42. The van der Waals surface area contributed by atoms with Crippen molar-refractivity contribution < 1.29 is 86.4 Å². The molecule has 2 bridgehead atoms. The van der Waals surface area contributed by atoms with Gasteiger partial charge in [0, 0.05) is 58.5 Å². The van der Waals surface area contributed by atoms with E-state index in [-0.39, 0.29) is 56.0 Å². The normalized spacial score (nSPS) is 32.7. The Hall–Kier alpha value is -4.79. The van der Waals surface area contributed by atoms with Crippen LogP contribution in [-0.4, -0.2) is 159 Å². The number of aliphatic hydroxyl groups excluding tert-OH is 1. The third-order valence-electron chi connectivity index (χ3n) is 18.4. The number of carbonyl (C=O) groups excluding carboxylic acids is 7. The molecule has 1 amide bonds. The molecule has 19 heteroatoms. The first kappa shape index (κ1) is 75.7. The number of ketones is 3. The Morgan fingerprint density at radius 1 is 0.716 bits per heavy atom. The lowest BCUT2D eigenvalue weighted by Crippen LogP contribution is -2.61. The summed E-state index contributed by atoms with van der Waals surface area (Å²) in [6, 6.07) is -1.20. The molecule has 3 aliphatic heterocycles. The lowest BCUT2D eigenvalue weighted by molar-refractivity contribution is -0.265. The number of carbonyl (C=O) groups is 7. The molecule has 500 valence electrons. The molecule has 0 aromatic carbocycles. The quantitative estimate of drug-likeness (QED) is 0.0317. The number of methoxy groups -OCH3 is 3. The number of fused-ring (bicyclic) bond motifs is 3. The molecule has 1 saturated carbocycles. The Balaban J connectivity index is 1.45. The summed E-state index contributed by atoms with van der Waals surface area (Å²) in [4.78, 5) is 97.9. The van der Waals surface area contributed by atoms with E-state index < -0.39 is 108 Å². The van der Waals surface area contributed by atoms with E-state index in [9.17, 15) is 43.8 Å². The van der Waals surface area contributed by atoms with E-state index in [0.717, 1.165) is 24.8 Å². The van der Waals surface area contributed by atoms with Gasteiger partial charge in [0.25, 0.3) is 11.7 Å². The van der Waals surface area contributed by atoms with Crippen LogP contribution in [0.1, 0.15) is 209 Å². The van der Waals surface area contributed by atoms with Gasteiger partial charge in [-0.15, -0.1) is 0 Å². The van der Waals surface area contributed by atoms with Gasteiger partial charge in [0.15, 0.2) is 5.78 Å². The molecule has 19 nitrogen and oxygen atoms in total. The molecule has 0 spiro atoms. The molecule has 3 fully saturated rings. The minimum Gasteiger partial charge on any atom is -0.460 e. The van der Waals surface area contributed by atoms with E-state index in [1.165, 1.54) is 64.1 Å². The minimum absolute atomic E-state index is 0.00927. The van der Waals surface area contributed by atoms with Gasteiger partial charge in [0.05, 0.1) is 38.1 Å². The highest BCUT2D eigenvalue weighted by Crippen LogP contribution is 2.38. The van der Waals surface area contributed by atoms with Crippen molar-refractivity contribution in [2.75, 3.05) is 47.7 Å². The third-order valence-corrected chi connectivity index (χ3v) is 18.4. The SMILES string of the molecule is CCCCCCCCCCCCOC(=O)OCCCCOC(=O)O[C@@H]1CC[C@@H](C[C@H](C)[C@@H]2CC(=O)[C@H](C)/C=C(\C)[C@@H](O)[C@@H](OC)C(=O)[C@H](C)C[C@H](C)/C=C/C=C/C=C(\C)[C@@H](OC)C[C@@H]3CC[C@@H](C)[C@@](O)(O3)C(=O)C(=O)N3CCCC[C@H]3C(=O)O2)C[C@H]1OC. The number of cyclic esters (lactones) is 1. The van der Waals surface area contributed by atoms with Crippen molar-refractivity contribution >= 4 is 41.5 Å². The minimum atomic E-state index is -2.47. The monoisotopic (exact) mass is 1240 g/mol. The Kier molecular flexibility index (Phi) is 34.5. The molecule has 88 heavy (non-hydrogen) atoms. The molecular formula is C69H111NO18. The topological polar surface area (TPSA) is 246 Å². The Morgan fingerprint density at radius 2 is 1.35 bits per heavy atom. The third kappa shape index (κ3) is 24.8. The number of unbranched alkanes of at least 4 members (excludes halogenated alkanes) is 10. The second kappa shape index (κ2) is 40.1. The maximum atomic E-state index is 14.7. The van der Waals surface area contributed by atoms with Crippen LogP contribution in [0.2, 0.25) is 0 Å². The average Bonchev–Trinajstić information content (AvgIpc) is 2.62. The van der Waals surface area contributed by atoms with Crippen molar-refractivity contribution in [1.82, 2.24) is 4.90 Å². The molecule has 2 saturated heterocycles. The van der Waals surface area contributed by atoms with Gasteiger partial charge in [-0.25, -0.2) is 14.4 Å². The van der Waals surface area contributed by atoms with Gasteiger partial charge < -0.3 is 57.7 Å². The second-order valence-electron chi connectivity index (χ2n) is 25.6. The van der Waals surface area contributed by atoms with Crippen molar-refractivity contribution in [3.63, 3.8) is 0 Å². The highest BCUT2D eigenvalue weighted by molar-refractivity contribution is 6.39. The molecule has 0 unspecified atom stereocenters. The van der Waals surface area contributed by atoms with Crippen molar-refractivity contribution in [3.8, 4) is 0 Å². The summed E-state index contributed by atoms with van der Waals surface area (Å²) in [6.45, 7) is 15.3. The van der Waals surface area contributed by atoms with Crippen LogP contribution >= 0.6 is 0 Å². The number of nitrogens with zero attached hydrogens (tertiary/aromatic N) is 1. The number of esters is 1. The van der Waals surface area contributed by atoms with E-state index >= 15 is 0 Å². The van der Waals surface area contributed by atoms with Crippen LogP contribution in [0.4, 0.5) is 9.59 Å². The van der Waals surface area contributed by atoms with Gasteiger partial charge in [-0.3, -0.25) is 19.2 Å².